The Morgan fingerprint density at radius 2 is 0.479 bits per heavy atom. The van der Waals surface area contributed by atoms with Gasteiger partial charge in [-0.15, -0.1) is 0 Å². The van der Waals surface area contributed by atoms with Crippen molar-refractivity contribution in [1.82, 2.24) is 5.32 Å². The second kappa shape index (κ2) is 60.2. The van der Waals surface area contributed by atoms with E-state index in [0.717, 1.165) is 38.5 Å². The van der Waals surface area contributed by atoms with Gasteiger partial charge in [-0.1, -0.05) is 367 Å². The zero-order chi connectivity index (χ0) is 51.6. The first-order valence-corrected chi connectivity index (χ1v) is 32.9. The van der Waals surface area contributed by atoms with Crippen molar-refractivity contribution < 1.29 is 25.2 Å². The molecule has 0 aliphatic rings. The van der Waals surface area contributed by atoms with Crippen LogP contribution in [-0.4, -0.2) is 57.3 Å². The van der Waals surface area contributed by atoms with Crippen LogP contribution in [0, 0.1) is 0 Å². The molecule has 4 unspecified atom stereocenters. The van der Waals surface area contributed by atoms with Crippen molar-refractivity contribution in [2.24, 2.45) is 0 Å². The largest absolute Gasteiger partial charge is 0.394 e. The molecular formula is C65H131NO5. The third-order valence-corrected chi connectivity index (χ3v) is 16.1. The molecule has 0 aromatic heterocycles. The van der Waals surface area contributed by atoms with Gasteiger partial charge in [-0.2, -0.15) is 0 Å². The van der Waals surface area contributed by atoms with Crippen LogP contribution in [0.15, 0.2) is 0 Å². The summed E-state index contributed by atoms with van der Waals surface area (Å²) in [6.07, 6.45) is 72.1. The summed E-state index contributed by atoms with van der Waals surface area (Å²) in [4.78, 5) is 12.6. The van der Waals surface area contributed by atoms with Crippen molar-refractivity contribution in [2.75, 3.05) is 6.61 Å². The Kier molecular flexibility index (Phi) is 59.6. The second-order valence-electron chi connectivity index (χ2n) is 23.2. The number of carbonyl (C=O) groups is 1. The zero-order valence-electron chi connectivity index (χ0n) is 48.5. The van der Waals surface area contributed by atoms with Gasteiger partial charge < -0.3 is 25.7 Å². The van der Waals surface area contributed by atoms with Gasteiger partial charge in [0.2, 0.25) is 5.91 Å². The lowest BCUT2D eigenvalue weighted by molar-refractivity contribution is -0.132. The molecule has 0 aromatic carbocycles. The van der Waals surface area contributed by atoms with Gasteiger partial charge in [0.25, 0.3) is 0 Å². The third-order valence-electron chi connectivity index (χ3n) is 16.1. The Morgan fingerprint density at radius 3 is 0.676 bits per heavy atom. The molecule has 0 aliphatic carbocycles. The number of unbranched alkanes of at least 4 members (excludes halogenated alkanes) is 53. The van der Waals surface area contributed by atoms with Crippen LogP contribution in [0.2, 0.25) is 0 Å². The Balaban J connectivity index is 3.53. The molecule has 71 heavy (non-hydrogen) atoms. The molecule has 0 heterocycles. The molecule has 0 fully saturated rings. The van der Waals surface area contributed by atoms with E-state index in [9.17, 15) is 25.2 Å². The molecule has 0 bridgehead atoms. The number of aliphatic hydroxyl groups excluding tert-OH is 4. The van der Waals surface area contributed by atoms with Crippen LogP contribution >= 0.6 is 0 Å². The molecule has 0 aliphatic heterocycles. The summed E-state index contributed by atoms with van der Waals surface area (Å²) < 4.78 is 0. The van der Waals surface area contributed by atoms with Crippen molar-refractivity contribution in [3.05, 3.63) is 0 Å². The highest BCUT2D eigenvalue weighted by Crippen LogP contribution is 2.20. The van der Waals surface area contributed by atoms with E-state index in [4.69, 9.17) is 0 Å². The molecule has 4 atom stereocenters. The monoisotopic (exact) mass is 1010 g/mol. The topological polar surface area (TPSA) is 110 Å². The number of hydrogen-bond acceptors (Lipinski definition) is 5. The van der Waals surface area contributed by atoms with Gasteiger partial charge in [-0.05, 0) is 12.8 Å². The number of nitrogens with one attached hydrogen (secondary N) is 1. The summed E-state index contributed by atoms with van der Waals surface area (Å²) in [5, 5.41) is 44.2. The highest BCUT2D eigenvalue weighted by molar-refractivity contribution is 5.80. The van der Waals surface area contributed by atoms with Crippen LogP contribution in [0.4, 0.5) is 0 Å². The minimum atomic E-state index is -1.26. The average molecular weight is 1010 g/mol. The van der Waals surface area contributed by atoms with Crippen LogP contribution in [0.1, 0.15) is 380 Å². The maximum Gasteiger partial charge on any atom is 0.249 e. The predicted molar refractivity (Wildman–Crippen MR) is 312 cm³/mol. The first-order valence-electron chi connectivity index (χ1n) is 32.9. The van der Waals surface area contributed by atoms with Gasteiger partial charge in [0.1, 0.15) is 12.2 Å². The quantitative estimate of drug-likeness (QED) is 0.0390. The smallest absolute Gasteiger partial charge is 0.249 e. The van der Waals surface area contributed by atoms with Crippen LogP contribution < -0.4 is 5.32 Å². The number of amides is 1. The highest BCUT2D eigenvalue weighted by atomic mass is 16.3. The SMILES string of the molecule is CCCCCCCCCCCCCCCCCCCCCCCCCCCCCCCC(O)C(O)C(CO)NC(=O)C(O)CCCCCCCCCCCCCCCCCCCCCCCCCCCC. The molecule has 1 amide bonds. The fourth-order valence-corrected chi connectivity index (χ4v) is 10.9. The van der Waals surface area contributed by atoms with E-state index in [2.05, 4.69) is 19.2 Å². The van der Waals surface area contributed by atoms with E-state index < -0.39 is 36.9 Å². The lowest BCUT2D eigenvalue weighted by Crippen LogP contribution is -2.53. The number of hydrogen-bond donors (Lipinski definition) is 5. The third kappa shape index (κ3) is 53.9. The van der Waals surface area contributed by atoms with Crippen molar-refractivity contribution in [3.63, 3.8) is 0 Å². The molecule has 5 N–H and O–H groups in total. The summed E-state index contributed by atoms with van der Waals surface area (Å²) in [5.41, 5.74) is 0. The summed E-state index contributed by atoms with van der Waals surface area (Å²) in [7, 11) is 0. The van der Waals surface area contributed by atoms with Gasteiger partial charge in [-0.25, -0.2) is 0 Å². The minimum Gasteiger partial charge on any atom is -0.394 e. The Hall–Kier alpha value is -0.690. The van der Waals surface area contributed by atoms with Gasteiger partial charge in [0.05, 0.1) is 18.8 Å². The predicted octanol–water partition coefficient (Wildman–Crippen LogP) is 19.8. The van der Waals surface area contributed by atoms with Crippen molar-refractivity contribution >= 4 is 5.91 Å². The van der Waals surface area contributed by atoms with Gasteiger partial charge in [0.15, 0.2) is 0 Å². The molecule has 0 spiro atoms. The molecule has 0 radical (unpaired) electrons. The Bertz CT molecular complexity index is 995. The first-order chi connectivity index (χ1) is 35.0. The molecular weight excluding hydrogens is 875 g/mol. The van der Waals surface area contributed by atoms with E-state index in [1.54, 1.807) is 0 Å². The van der Waals surface area contributed by atoms with E-state index in [1.165, 1.54) is 315 Å². The van der Waals surface area contributed by atoms with E-state index in [0.29, 0.717) is 12.8 Å². The summed E-state index contributed by atoms with van der Waals surface area (Å²) in [6, 6.07) is -0.982. The summed E-state index contributed by atoms with van der Waals surface area (Å²) in [5.74, 6) is -0.573. The maximum absolute atomic E-state index is 12.6. The number of rotatable bonds is 62. The summed E-state index contributed by atoms with van der Waals surface area (Å²) >= 11 is 0. The van der Waals surface area contributed by atoms with Crippen LogP contribution in [-0.2, 0) is 4.79 Å². The molecule has 0 aromatic rings. The molecule has 426 valence electrons. The van der Waals surface area contributed by atoms with E-state index >= 15 is 0 Å². The van der Waals surface area contributed by atoms with Crippen molar-refractivity contribution in [1.29, 1.82) is 0 Å². The zero-order valence-corrected chi connectivity index (χ0v) is 48.5. The molecule has 0 rings (SSSR count). The minimum absolute atomic E-state index is 0.377. The van der Waals surface area contributed by atoms with Crippen molar-refractivity contribution in [3.8, 4) is 0 Å². The van der Waals surface area contributed by atoms with Crippen molar-refractivity contribution in [2.45, 2.75) is 404 Å². The molecule has 0 saturated carbocycles. The Labute approximate surface area is 445 Å². The van der Waals surface area contributed by atoms with E-state index in [-0.39, 0.29) is 0 Å². The number of carbonyl (C=O) groups excluding carboxylic acids is 1. The summed E-state index contributed by atoms with van der Waals surface area (Å²) in [6.45, 7) is 4.12. The molecule has 6 nitrogen and oxygen atoms in total. The Morgan fingerprint density at radius 1 is 0.296 bits per heavy atom. The second-order valence-corrected chi connectivity index (χ2v) is 23.2. The lowest BCUT2D eigenvalue weighted by Gasteiger charge is -2.27. The fourth-order valence-electron chi connectivity index (χ4n) is 10.9. The van der Waals surface area contributed by atoms with Crippen LogP contribution in [0.5, 0.6) is 0 Å². The average Bonchev–Trinajstić information content (AvgIpc) is 3.38. The van der Waals surface area contributed by atoms with Gasteiger partial charge >= 0.3 is 0 Å². The van der Waals surface area contributed by atoms with Gasteiger partial charge in [-0.3, -0.25) is 4.79 Å². The van der Waals surface area contributed by atoms with Crippen LogP contribution in [0.3, 0.4) is 0 Å². The standard InChI is InChI=1S/C65H131NO5/c1-3-5-7-9-11-13-15-17-19-21-23-25-27-29-31-32-33-35-36-38-40-42-44-46-48-50-52-54-56-58-62(68)64(70)61(60-67)66-65(71)63(69)59-57-55-53-51-49-47-45-43-41-39-37-34-30-28-26-24-22-20-18-16-14-12-10-8-6-4-2/h61-64,67-70H,3-60H2,1-2H3,(H,66,71). The normalized spacial score (nSPS) is 13.5. The molecule has 6 heteroatoms. The number of aliphatic hydroxyl groups is 4. The fraction of sp³-hybridized carbons (Fsp3) is 0.985. The maximum atomic E-state index is 12.6. The molecule has 0 saturated heterocycles. The lowest BCUT2D eigenvalue weighted by atomic mass is 9.99. The highest BCUT2D eigenvalue weighted by Gasteiger charge is 2.28. The van der Waals surface area contributed by atoms with Gasteiger partial charge in [0, 0.05) is 0 Å². The van der Waals surface area contributed by atoms with Crippen LogP contribution in [0.25, 0.3) is 0 Å². The first kappa shape index (κ1) is 70.3. The van der Waals surface area contributed by atoms with E-state index in [1.807, 2.05) is 0 Å².